The fraction of sp³-hybridized carbons (Fsp3) is 0.316. The third kappa shape index (κ3) is 4.93. The number of nitrogens with one attached hydrogen (secondary N) is 1. The minimum Gasteiger partial charge on any atom is -0.322 e. The van der Waals surface area contributed by atoms with Gasteiger partial charge in [-0.05, 0) is 36.2 Å². The van der Waals surface area contributed by atoms with Crippen LogP contribution >= 0.6 is 11.6 Å². The van der Waals surface area contributed by atoms with Gasteiger partial charge in [-0.1, -0.05) is 23.7 Å². The fourth-order valence-corrected chi connectivity index (χ4v) is 3.18. The number of hydrogen-bond donors (Lipinski definition) is 1. The molecule has 144 valence electrons. The average molecular weight is 398 g/mol. The first kappa shape index (κ1) is 19.5. The predicted octanol–water partition coefficient (Wildman–Crippen LogP) is 4.15. The summed E-state index contributed by atoms with van der Waals surface area (Å²) in [5.74, 6) is -4.29. The summed E-state index contributed by atoms with van der Waals surface area (Å²) in [4.78, 5) is 16.0. The Morgan fingerprint density at radius 3 is 2.48 bits per heavy atom. The lowest BCUT2D eigenvalue weighted by Gasteiger charge is -2.34. The molecule has 0 bridgehead atoms. The van der Waals surface area contributed by atoms with Crippen LogP contribution < -0.4 is 5.32 Å². The second kappa shape index (κ2) is 8.63. The molecule has 1 N–H and O–H groups in total. The molecule has 0 unspecified atom stereocenters. The maximum absolute atomic E-state index is 13.7. The number of carbonyl (C=O) groups excluding carboxylic acids is 1. The summed E-state index contributed by atoms with van der Waals surface area (Å²) in [5, 5.41) is 3.01. The number of urea groups is 1. The smallest absolute Gasteiger partial charge is 0.322 e. The van der Waals surface area contributed by atoms with E-state index >= 15 is 0 Å². The summed E-state index contributed by atoms with van der Waals surface area (Å²) in [6.07, 6.45) is 0.854. The number of amides is 2. The molecule has 1 aliphatic rings. The first-order chi connectivity index (χ1) is 12.9. The maximum atomic E-state index is 13.7. The number of benzene rings is 2. The van der Waals surface area contributed by atoms with E-state index in [1.807, 2.05) is 24.3 Å². The van der Waals surface area contributed by atoms with Crippen molar-refractivity contribution in [3.63, 3.8) is 0 Å². The molecule has 0 atom stereocenters. The Hall–Kier alpha value is -2.25. The zero-order valence-corrected chi connectivity index (χ0v) is 15.3. The van der Waals surface area contributed by atoms with Crippen molar-refractivity contribution in [2.45, 2.75) is 6.42 Å². The Balaban J connectivity index is 1.48. The number of rotatable bonds is 4. The molecule has 2 amide bonds. The topological polar surface area (TPSA) is 35.6 Å². The number of nitrogens with zero attached hydrogens (tertiary/aromatic N) is 2. The van der Waals surface area contributed by atoms with Gasteiger partial charge in [0, 0.05) is 37.7 Å². The molecule has 0 aromatic heterocycles. The van der Waals surface area contributed by atoms with Crippen LogP contribution in [0.1, 0.15) is 5.56 Å². The number of piperazine rings is 1. The molecule has 1 saturated heterocycles. The van der Waals surface area contributed by atoms with Crippen LogP contribution in [-0.4, -0.2) is 48.6 Å². The van der Waals surface area contributed by atoms with E-state index in [1.165, 1.54) is 4.90 Å². The van der Waals surface area contributed by atoms with E-state index < -0.39 is 23.5 Å². The monoisotopic (exact) mass is 397 g/mol. The Labute approximate surface area is 160 Å². The summed E-state index contributed by atoms with van der Waals surface area (Å²) >= 11 is 5.98. The van der Waals surface area contributed by atoms with Crippen LogP contribution in [0, 0.1) is 17.5 Å². The molecule has 0 aliphatic carbocycles. The number of halogens is 4. The van der Waals surface area contributed by atoms with Crippen molar-refractivity contribution in [1.29, 1.82) is 0 Å². The molecule has 0 saturated carbocycles. The van der Waals surface area contributed by atoms with Crippen molar-refractivity contribution in [3.05, 3.63) is 64.4 Å². The van der Waals surface area contributed by atoms with Gasteiger partial charge in [0.05, 0.1) is 5.69 Å². The first-order valence-electron chi connectivity index (χ1n) is 8.60. The molecular weight excluding hydrogens is 379 g/mol. The number of hydrogen-bond acceptors (Lipinski definition) is 2. The predicted molar refractivity (Wildman–Crippen MR) is 98.5 cm³/mol. The SMILES string of the molecule is O=C(Nc1ccc(F)c(F)c1F)N1CCN(CCc2cccc(Cl)c2)CC1. The van der Waals surface area contributed by atoms with Gasteiger partial charge in [-0.3, -0.25) is 4.90 Å². The third-order valence-electron chi connectivity index (χ3n) is 4.54. The van der Waals surface area contributed by atoms with E-state index in [-0.39, 0.29) is 5.69 Å². The van der Waals surface area contributed by atoms with Crippen LogP contribution in [0.15, 0.2) is 36.4 Å². The highest BCUT2D eigenvalue weighted by Crippen LogP contribution is 2.20. The zero-order valence-electron chi connectivity index (χ0n) is 14.5. The van der Waals surface area contributed by atoms with E-state index in [9.17, 15) is 18.0 Å². The van der Waals surface area contributed by atoms with Gasteiger partial charge in [-0.25, -0.2) is 18.0 Å². The molecule has 0 radical (unpaired) electrons. The molecule has 8 heteroatoms. The standard InChI is InChI=1S/C19H19ClF3N3O/c20-14-3-1-2-13(12-14)6-7-25-8-10-26(11-9-25)19(27)24-16-5-4-15(21)17(22)18(16)23/h1-5,12H,6-11H2,(H,24,27). The van der Waals surface area contributed by atoms with Crippen LogP contribution in [0.4, 0.5) is 23.7 Å². The number of anilines is 1. The number of carbonyl (C=O) groups is 1. The fourth-order valence-electron chi connectivity index (χ4n) is 2.97. The van der Waals surface area contributed by atoms with Crippen molar-refractivity contribution < 1.29 is 18.0 Å². The quantitative estimate of drug-likeness (QED) is 0.787. The molecular formula is C19H19ClF3N3O. The highest BCUT2D eigenvalue weighted by Gasteiger charge is 2.23. The van der Waals surface area contributed by atoms with E-state index in [0.29, 0.717) is 31.2 Å². The third-order valence-corrected chi connectivity index (χ3v) is 4.78. The van der Waals surface area contributed by atoms with Gasteiger partial charge in [-0.2, -0.15) is 0 Å². The maximum Gasteiger partial charge on any atom is 0.322 e. The second-order valence-corrected chi connectivity index (χ2v) is 6.80. The van der Waals surface area contributed by atoms with Gasteiger partial charge < -0.3 is 10.2 Å². The van der Waals surface area contributed by atoms with Crippen LogP contribution in [-0.2, 0) is 6.42 Å². The molecule has 2 aromatic carbocycles. The molecule has 1 aliphatic heterocycles. The summed E-state index contributed by atoms with van der Waals surface area (Å²) in [6.45, 7) is 3.12. The second-order valence-electron chi connectivity index (χ2n) is 6.36. The molecule has 4 nitrogen and oxygen atoms in total. The Kier molecular flexibility index (Phi) is 6.23. The largest absolute Gasteiger partial charge is 0.322 e. The van der Waals surface area contributed by atoms with Gasteiger partial charge in [0.15, 0.2) is 17.5 Å². The summed E-state index contributed by atoms with van der Waals surface area (Å²) in [5.41, 5.74) is 0.777. The molecule has 3 rings (SSSR count). The molecule has 2 aromatic rings. The lowest BCUT2D eigenvalue weighted by atomic mass is 10.1. The molecule has 0 spiro atoms. The van der Waals surface area contributed by atoms with Crippen LogP contribution in [0.2, 0.25) is 5.02 Å². The van der Waals surface area contributed by atoms with Crippen molar-refractivity contribution in [3.8, 4) is 0 Å². The lowest BCUT2D eigenvalue weighted by molar-refractivity contribution is 0.148. The average Bonchev–Trinajstić information content (AvgIpc) is 2.67. The Morgan fingerprint density at radius 1 is 1.04 bits per heavy atom. The van der Waals surface area contributed by atoms with Crippen molar-refractivity contribution in [2.75, 3.05) is 38.0 Å². The van der Waals surface area contributed by atoms with Crippen LogP contribution in [0.5, 0.6) is 0 Å². The highest BCUT2D eigenvalue weighted by atomic mass is 35.5. The van der Waals surface area contributed by atoms with Gasteiger partial charge in [0.1, 0.15) is 0 Å². The van der Waals surface area contributed by atoms with Gasteiger partial charge in [0.25, 0.3) is 0 Å². The van der Waals surface area contributed by atoms with E-state index in [0.717, 1.165) is 30.7 Å². The Bertz CT molecular complexity index is 826. The minimum atomic E-state index is -1.60. The van der Waals surface area contributed by atoms with E-state index in [4.69, 9.17) is 11.6 Å². The molecule has 27 heavy (non-hydrogen) atoms. The lowest BCUT2D eigenvalue weighted by Crippen LogP contribution is -2.50. The van der Waals surface area contributed by atoms with Crippen molar-refractivity contribution >= 4 is 23.3 Å². The van der Waals surface area contributed by atoms with Crippen LogP contribution in [0.3, 0.4) is 0 Å². The van der Waals surface area contributed by atoms with Gasteiger partial charge in [-0.15, -0.1) is 0 Å². The summed E-state index contributed by atoms with van der Waals surface area (Å²) < 4.78 is 39.9. The molecule has 1 fully saturated rings. The van der Waals surface area contributed by atoms with E-state index in [2.05, 4.69) is 10.2 Å². The normalized spacial score (nSPS) is 15.0. The highest BCUT2D eigenvalue weighted by molar-refractivity contribution is 6.30. The van der Waals surface area contributed by atoms with Crippen molar-refractivity contribution in [1.82, 2.24) is 9.80 Å². The Morgan fingerprint density at radius 2 is 1.78 bits per heavy atom. The summed E-state index contributed by atoms with van der Waals surface area (Å²) in [7, 11) is 0. The first-order valence-corrected chi connectivity index (χ1v) is 8.98. The zero-order chi connectivity index (χ0) is 19.4. The van der Waals surface area contributed by atoms with Gasteiger partial charge in [0.2, 0.25) is 0 Å². The van der Waals surface area contributed by atoms with Crippen LogP contribution in [0.25, 0.3) is 0 Å². The molecule has 1 heterocycles. The van der Waals surface area contributed by atoms with Crippen molar-refractivity contribution in [2.24, 2.45) is 0 Å². The van der Waals surface area contributed by atoms with Gasteiger partial charge >= 0.3 is 6.03 Å². The minimum absolute atomic E-state index is 0.373. The van der Waals surface area contributed by atoms with E-state index in [1.54, 1.807) is 0 Å². The summed E-state index contributed by atoms with van der Waals surface area (Å²) in [6, 6.07) is 8.95.